The van der Waals surface area contributed by atoms with Gasteiger partial charge in [0.25, 0.3) is 5.91 Å². The van der Waals surface area contributed by atoms with E-state index in [1.165, 1.54) is 0 Å². The van der Waals surface area contributed by atoms with Crippen molar-refractivity contribution in [3.8, 4) is 0 Å². The van der Waals surface area contributed by atoms with Crippen LogP contribution in [0.15, 0.2) is 46.9 Å². The third-order valence-corrected chi connectivity index (χ3v) is 3.78. The number of nitrogens with one attached hydrogen (secondary N) is 2. The SMILES string of the molecule is Cc1ccc(C(=O)NCC(=O)Nc2ccc(C)cc2Br)cc1. The summed E-state index contributed by atoms with van der Waals surface area (Å²) < 4.78 is 0.811. The summed E-state index contributed by atoms with van der Waals surface area (Å²) in [6.45, 7) is 3.85. The Morgan fingerprint density at radius 3 is 2.27 bits per heavy atom. The summed E-state index contributed by atoms with van der Waals surface area (Å²) in [6, 6.07) is 12.8. The average molecular weight is 361 g/mol. The second-order valence-electron chi connectivity index (χ2n) is 5.08. The third kappa shape index (κ3) is 4.43. The molecule has 0 atom stereocenters. The van der Waals surface area contributed by atoms with Crippen molar-refractivity contribution >= 4 is 33.4 Å². The van der Waals surface area contributed by atoms with Gasteiger partial charge in [-0.1, -0.05) is 23.8 Å². The monoisotopic (exact) mass is 360 g/mol. The van der Waals surface area contributed by atoms with Crippen LogP contribution < -0.4 is 10.6 Å². The fraction of sp³-hybridized carbons (Fsp3) is 0.176. The van der Waals surface area contributed by atoms with Gasteiger partial charge in [-0.3, -0.25) is 9.59 Å². The number of carbonyl (C=O) groups excluding carboxylic acids is 2. The summed E-state index contributed by atoms with van der Waals surface area (Å²) in [5.74, 6) is -0.539. The smallest absolute Gasteiger partial charge is 0.251 e. The van der Waals surface area contributed by atoms with Gasteiger partial charge < -0.3 is 10.6 Å². The minimum Gasteiger partial charge on any atom is -0.343 e. The van der Waals surface area contributed by atoms with Gasteiger partial charge in [-0.2, -0.15) is 0 Å². The topological polar surface area (TPSA) is 58.2 Å². The highest BCUT2D eigenvalue weighted by molar-refractivity contribution is 9.10. The molecule has 0 saturated carbocycles. The third-order valence-electron chi connectivity index (χ3n) is 3.12. The van der Waals surface area contributed by atoms with E-state index in [9.17, 15) is 9.59 Å². The van der Waals surface area contributed by atoms with E-state index in [0.717, 1.165) is 15.6 Å². The highest BCUT2D eigenvalue weighted by Crippen LogP contribution is 2.23. The van der Waals surface area contributed by atoms with Crippen LogP contribution in [0.3, 0.4) is 0 Å². The van der Waals surface area contributed by atoms with Crippen LogP contribution in [0.2, 0.25) is 0 Å². The molecule has 0 unspecified atom stereocenters. The molecule has 2 N–H and O–H groups in total. The molecule has 2 aromatic rings. The minimum atomic E-state index is -0.273. The van der Waals surface area contributed by atoms with Gasteiger partial charge in [-0.25, -0.2) is 0 Å². The minimum absolute atomic E-state index is 0.0764. The fourth-order valence-corrected chi connectivity index (χ4v) is 2.48. The van der Waals surface area contributed by atoms with Crippen molar-refractivity contribution in [3.63, 3.8) is 0 Å². The molecule has 0 aliphatic heterocycles. The number of hydrogen-bond donors (Lipinski definition) is 2. The van der Waals surface area contributed by atoms with Crippen LogP contribution in [0, 0.1) is 13.8 Å². The van der Waals surface area contributed by atoms with Gasteiger partial charge in [0.05, 0.1) is 12.2 Å². The standard InChI is InChI=1S/C17H17BrN2O2/c1-11-3-6-13(7-4-11)17(22)19-10-16(21)20-15-8-5-12(2)9-14(15)18/h3-9H,10H2,1-2H3,(H,19,22)(H,20,21). The molecule has 5 heteroatoms. The summed E-state index contributed by atoms with van der Waals surface area (Å²) in [5.41, 5.74) is 3.39. The van der Waals surface area contributed by atoms with Crippen LogP contribution in [0.5, 0.6) is 0 Å². The Morgan fingerprint density at radius 2 is 1.64 bits per heavy atom. The number of carbonyl (C=O) groups is 2. The fourth-order valence-electron chi connectivity index (χ4n) is 1.88. The number of halogens is 1. The lowest BCUT2D eigenvalue weighted by Crippen LogP contribution is -2.32. The van der Waals surface area contributed by atoms with E-state index in [1.54, 1.807) is 12.1 Å². The zero-order valence-electron chi connectivity index (χ0n) is 12.4. The maximum Gasteiger partial charge on any atom is 0.251 e. The molecule has 4 nitrogen and oxygen atoms in total. The molecule has 114 valence electrons. The molecule has 0 aromatic heterocycles. The van der Waals surface area contributed by atoms with Crippen molar-refractivity contribution < 1.29 is 9.59 Å². The van der Waals surface area contributed by atoms with E-state index in [-0.39, 0.29) is 18.4 Å². The highest BCUT2D eigenvalue weighted by atomic mass is 79.9. The Kier molecular flexibility index (Phi) is 5.33. The van der Waals surface area contributed by atoms with E-state index in [0.29, 0.717) is 11.3 Å². The molecule has 2 rings (SSSR count). The second kappa shape index (κ2) is 7.22. The number of rotatable bonds is 4. The van der Waals surface area contributed by atoms with Gasteiger partial charge in [0.2, 0.25) is 5.91 Å². The van der Waals surface area contributed by atoms with Crippen molar-refractivity contribution in [2.75, 3.05) is 11.9 Å². The first-order valence-corrected chi connectivity index (χ1v) is 7.66. The molecule has 0 aliphatic rings. The van der Waals surface area contributed by atoms with Crippen LogP contribution >= 0.6 is 15.9 Å². The van der Waals surface area contributed by atoms with Gasteiger partial charge in [-0.15, -0.1) is 0 Å². The normalized spacial score (nSPS) is 10.1. The van der Waals surface area contributed by atoms with Crippen LogP contribution in [0.4, 0.5) is 5.69 Å². The van der Waals surface area contributed by atoms with Gasteiger partial charge >= 0.3 is 0 Å². The van der Waals surface area contributed by atoms with Crippen LogP contribution in [-0.2, 0) is 4.79 Å². The van der Waals surface area contributed by atoms with E-state index in [1.807, 2.05) is 44.2 Å². The average Bonchev–Trinajstić information content (AvgIpc) is 2.48. The molecular weight excluding hydrogens is 344 g/mol. The summed E-state index contributed by atoms with van der Waals surface area (Å²) >= 11 is 3.40. The van der Waals surface area contributed by atoms with Crippen LogP contribution in [0.25, 0.3) is 0 Å². The number of aryl methyl sites for hydroxylation is 2. The lowest BCUT2D eigenvalue weighted by Gasteiger charge is -2.09. The first-order chi connectivity index (χ1) is 10.5. The largest absolute Gasteiger partial charge is 0.343 e. The number of hydrogen-bond acceptors (Lipinski definition) is 2. The number of benzene rings is 2. The summed E-state index contributed by atoms with van der Waals surface area (Å²) in [6.07, 6.45) is 0. The Bertz CT molecular complexity index is 696. The van der Waals surface area contributed by atoms with Crippen molar-refractivity contribution in [1.29, 1.82) is 0 Å². The summed E-state index contributed by atoms with van der Waals surface area (Å²) in [7, 11) is 0. The molecule has 2 amide bonds. The number of amides is 2. The Morgan fingerprint density at radius 1 is 1.00 bits per heavy atom. The molecule has 0 bridgehead atoms. The van der Waals surface area contributed by atoms with Crippen LogP contribution in [0.1, 0.15) is 21.5 Å². The van der Waals surface area contributed by atoms with Crippen molar-refractivity contribution in [2.45, 2.75) is 13.8 Å². The van der Waals surface area contributed by atoms with E-state index < -0.39 is 0 Å². The van der Waals surface area contributed by atoms with Crippen molar-refractivity contribution in [3.05, 3.63) is 63.6 Å². The van der Waals surface area contributed by atoms with Gasteiger partial charge in [-0.05, 0) is 59.6 Å². The van der Waals surface area contributed by atoms with Gasteiger partial charge in [0, 0.05) is 10.0 Å². The first kappa shape index (κ1) is 16.2. The maximum atomic E-state index is 11.9. The molecule has 0 radical (unpaired) electrons. The predicted octanol–water partition coefficient (Wildman–Crippen LogP) is 3.43. The van der Waals surface area contributed by atoms with Crippen LogP contribution in [-0.4, -0.2) is 18.4 Å². The van der Waals surface area contributed by atoms with Crippen molar-refractivity contribution in [1.82, 2.24) is 5.32 Å². The Balaban J connectivity index is 1.89. The molecule has 2 aromatic carbocycles. The highest BCUT2D eigenvalue weighted by Gasteiger charge is 2.09. The second-order valence-corrected chi connectivity index (χ2v) is 5.93. The lowest BCUT2D eigenvalue weighted by atomic mass is 10.1. The van der Waals surface area contributed by atoms with Gasteiger partial charge in [0.1, 0.15) is 0 Å². The molecule has 0 aliphatic carbocycles. The Hall–Kier alpha value is -2.14. The summed E-state index contributed by atoms with van der Waals surface area (Å²) in [5, 5.41) is 5.36. The maximum absolute atomic E-state index is 11.9. The number of anilines is 1. The molecule has 0 saturated heterocycles. The predicted molar refractivity (Wildman–Crippen MR) is 91.0 cm³/mol. The molecule has 0 spiro atoms. The zero-order chi connectivity index (χ0) is 16.1. The Labute approximate surface area is 138 Å². The van der Waals surface area contributed by atoms with E-state index in [2.05, 4.69) is 26.6 Å². The van der Waals surface area contributed by atoms with Gasteiger partial charge in [0.15, 0.2) is 0 Å². The zero-order valence-corrected chi connectivity index (χ0v) is 14.0. The lowest BCUT2D eigenvalue weighted by molar-refractivity contribution is -0.115. The molecule has 0 heterocycles. The van der Waals surface area contributed by atoms with Crippen molar-refractivity contribution in [2.24, 2.45) is 0 Å². The van der Waals surface area contributed by atoms with E-state index >= 15 is 0 Å². The van der Waals surface area contributed by atoms with E-state index in [4.69, 9.17) is 0 Å². The molecule has 22 heavy (non-hydrogen) atoms. The first-order valence-electron chi connectivity index (χ1n) is 6.86. The quantitative estimate of drug-likeness (QED) is 0.877. The molecular formula is C17H17BrN2O2. The summed E-state index contributed by atoms with van der Waals surface area (Å²) in [4.78, 5) is 23.8. The molecule has 0 fully saturated rings.